The van der Waals surface area contributed by atoms with Crippen molar-refractivity contribution in [3.05, 3.63) is 0 Å². The first-order valence-electron chi connectivity index (χ1n) is 7.07. The summed E-state index contributed by atoms with van der Waals surface area (Å²) < 4.78 is 0. The molecule has 0 spiro atoms. The lowest BCUT2D eigenvalue weighted by atomic mass is 9.98. The van der Waals surface area contributed by atoms with Gasteiger partial charge in [-0.2, -0.15) is 0 Å². The zero-order valence-electron chi connectivity index (χ0n) is 12.4. The van der Waals surface area contributed by atoms with Gasteiger partial charge in [-0.25, -0.2) is 4.79 Å². The van der Waals surface area contributed by atoms with Crippen LogP contribution in [0.25, 0.3) is 0 Å². The van der Waals surface area contributed by atoms with Crippen LogP contribution in [-0.4, -0.2) is 53.1 Å². The van der Waals surface area contributed by atoms with E-state index in [0.717, 1.165) is 12.8 Å². The van der Waals surface area contributed by atoms with E-state index >= 15 is 0 Å². The molecule has 0 aromatic rings. The van der Waals surface area contributed by atoms with E-state index in [1.165, 1.54) is 0 Å². The van der Waals surface area contributed by atoms with E-state index in [1.807, 2.05) is 6.92 Å². The van der Waals surface area contributed by atoms with Crippen LogP contribution in [0.2, 0.25) is 0 Å². The van der Waals surface area contributed by atoms with E-state index in [-0.39, 0.29) is 12.1 Å². The topological polar surface area (TPSA) is 60.9 Å². The molecule has 1 N–H and O–H groups in total. The average Bonchev–Trinajstić information content (AvgIpc) is 2.36. The Morgan fingerprint density at radius 1 is 1.37 bits per heavy atom. The van der Waals surface area contributed by atoms with Gasteiger partial charge >= 0.3 is 12.0 Å². The number of nitrogens with zero attached hydrogens (tertiary/aromatic N) is 2. The minimum atomic E-state index is -0.796. The minimum Gasteiger partial charge on any atom is -0.481 e. The Balaban J connectivity index is 2.58. The number of amides is 2. The maximum Gasteiger partial charge on any atom is 0.320 e. The fourth-order valence-corrected chi connectivity index (χ4v) is 2.60. The summed E-state index contributed by atoms with van der Waals surface area (Å²) in [6.07, 6.45) is 2.40. The smallest absolute Gasteiger partial charge is 0.320 e. The molecule has 0 aliphatic carbocycles. The first-order valence-corrected chi connectivity index (χ1v) is 7.07. The van der Waals surface area contributed by atoms with E-state index in [2.05, 4.69) is 13.8 Å². The van der Waals surface area contributed by atoms with Gasteiger partial charge in [0.05, 0.1) is 5.92 Å². The maximum atomic E-state index is 12.3. The van der Waals surface area contributed by atoms with Crippen LogP contribution in [0.4, 0.5) is 4.79 Å². The monoisotopic (exact) mass is 270 g/mol. The van der Waals surface area contributed by atoms with Crippen molar-refractivity contribution >= 4 is 12.0 Å². The first-order chi connectivity index (χ1) is 8.82. The predicted octanol–water partition coefficient (Wildman–Crippen LogP) is 2.27. The second-order valence-corrected chi connectivity index (χ2v) is 6.00. The molecule has 0 bridgehead atoms. The van der Waals surface area contributed by atoms with Gasteiger partial charge in [-0.1, -0.05) is 13.8 Å². The first kappa shape index (κ1) is 15.8. The molecule has 2 amide bonds. The quantitative estimate of drug-likeness (QED) is 0.852. The molecule has 1 rings (SSSR count). The molecule has 1 saturated heterocycles. The number of carboxylic acids is 1. The number of hydrogen-bond donors (Lipinski definition) is 1. The van der Waals surface area contributed by atoms with E-state index in [4.69, 9.17) is 5.11 Å². The van der Waals surface area contributed by atoms with Gasteiger partial charge in [-0.15, -0.1) is 0 Å². The number of rotatable bonds is 4. The number of carbonyl (C=O) groups is 2. The van der Waals surface area contributed by atoms with Gasteiger partial charge in [-0.05, 0) is 32.1 Å². The Hall–Kier alpha value is -1.26. The molecule has 2 unspecified atom stereocenters. The zero-order chi connectivity index (χ0) is 14.6. The molecule has 5 heteroatoms. The summed E-state index contributed by atoms with van der Waals surface area (Å²) in [6, 6.07) is 0.136. The highest BCUT2D eigenvalue weighted by atomic mass is 16.4. The average molecular weight is 270 g/mol. The zero-order valence-corrected chi connectivity index (χ0v) is 12.4. The van der Waals surface area contributed by atoms with Crippen LogP contribution in [0.15, 0.2) is 0 Å². The Bertz CT molecular complexity index is 331. The minimum absolute atomic E-state index is 0.0425. The lowest BCUT2D eigenvalue weighted by Crippen LogP contribution is -2.50. The van der Waals surface area contributed by atoms with E-state index in [1.54, 1.807) is 16.8 Å². The molecule has 2 atom stereocenters. The number of carboxylic acid groups (broad SMARTS) is 1. The summed E-state index contributed by atoms with van der Waals surface area (Å²) in [5, 5.41) is 9.05. The van der Waals surface area contributed by atoms with Crippen molar-refractivity contribution in [1.29, 1.82) is 0 Å². The highest BCUT2D eigenvalue weighted by Crippen LogP contribution is 2.19. The van der Waals surface area contributed by atoms with Crippen LogP contribution in [0.5, 0.6) is 0 Å². The lowest BCUT2D eigenvalue weighted by molar-refractivity contribution is -0.143. The maximum absolute atomic E-state index is 12.3. The lowest BCUT2D eigenvalue weighted by Gasteiger charge is -2.36. The van der Waals surface area contributed by atoms with Gasteiger partial charge in [-0.3, -0.25) is 4.79 Å². The molecule has 0 saturated carbocycles. The van der Waals surface area contributed by atoms with Crippen molar-refractivity contribution in [2.24, 2.45) is 11.8 Å². The number of piperidine rings is 1. The van der Waals surface area contributed by atoms with E-state index in [9.17, 15) is 9.59 Å². The van der Waals surface area contributed by atoms with Crippen molar-refractivity contribution in [3.63, 3.8) is 0 Å². The second kappa shape index (κ2) is 6.78. The van der Waals surface area contributed by atoms with Crippen LogP contribution in [-0.2, 0) is 4.79 Å². The number of carbonyl (C=O) groups excluding carboxylic acids is 1. The van der Waals surface area contributed by atoms with Gasteiger partial charge in [0.2, 0.25) is 0 Å². The van der Waals surface area contributed by atoms with Crippen LogP contribution >= 0.6 is 0 Å². The van der Waals surface area contributed by atoms with Crippen molar-refractivity contribution in [2.75, 3.05) is 20.1 Å². The van der Waals surface area contributed by atoms with Gasteiger partial charge in [0.15, 0.2) is 0 Å². The second-order valence-electron chi connectivity index (χ2n) is 6.00. The molecule has 1 aliphatic heterocycles. The Labute approximate surface area is 115 Å². The third-order valence-electron chi connectivity index (χ3n) is 3.82. The van der Waals surface area contributed by atoms with Crippen molar-refractivity contribution in [2.45, 2.75) is 46.1 Å². The molecule has 0 aromatic heterocycles. The largest absolute Gasteiger partial charge is 0.481 e. The van der Waals surface area contributed by atoms with Crippen LogP contribution in [0.3, 0.4) is 0 Å². The molecule has 0 aromatic carbocycles. The SMILES string of the molecule is CC(C)CC(C)N(C)C(=O)N1CCCC(C(=O)O)C1. The summed E-state index contributed by atoms with van der Waals surface area (Å²) in [6.45, 7) is 7.32. The predicted molar refractivity (Wildman–Crippen MR) is 74.0 cm³/mol. The summed E-state index contributed by atoms with van der Waals surface area (Å²) >= 11 is 0. The van der Waals surface area contributed by atoms with Gasteiger partial charge in [0.1, 0.15) is 0 Å². The fourth-order valence-electron chi connectivity index (χ4n) is 2.60. The Morgan fingerprint density at radius 3 is 2.53 bits per heavy atom. The van der Waals surface area contributed by atoms with Gasteiger partial charge < -0.3 is 14.9 Å². The molecule has 1 fully saturated rings. The molecule has 1 aliphatic rings. The standard InChI is InChI=1S/C14H26N2O3/c1-10(2)8-11(3)15(4)14(19)16-7-5-6-12(9-16)13(17)18/h10-12H,5-9H2,1-4H3,(H,17,18). The van der Waals surface area contributed by atoms with E-state index < -0.39 is 11.9 Å². The van der Waals surface area contributed by atoms with Crippen LogP contribution in [0.1, 0.15) is 40.0 Å². The highest BCUT2D eigenvalue weighted by Gasteiger charge is 2.30. The van der Waals surface area contributed by atoms with Gasteiger partial charge in [0, 0.05) is 26.2 Å². The molecular weight excluding hydrogens is 244 g/mol. The molecule has 0 radical (unpaired) electrons. The van der Waals surface area contributed by atoms with Crippen molar-refractivity contribution in [3.8, 4) is 0 Å². The Kier molecular flexibility index (Phi) is 5.63. The van der Waals surface area contributed by atoms with Crippen LogP contribution in [0, 0.1) is 11.8 Å². The molecule has 19 heavy (non-hydrogen) atoms. The number of likely N-dealkylation sites (tertiary alicyclic amines) is 1. The summed E-state index contributed by atoms with van der Waals surface area (Å²) in [5.74, 6) is -0.666. The van der Waals surface area contributed by atoms with Gasteiger partial charge in [0.25, 0.3) is 0 Å². The summed E-state index contributed by atoms with van der Waals surface area (Å²) in [7, 11) is 1.81. The molecule has 1 heterocycles. The Morgan fingerprint density at radius 2 is 2.00 bits per heavy atom. The number of urea groups is 1. The molecule has 5 nitrogen and oxygen atoms in total. The van der Waals surface area contributed by atoms with Crippen molar-refractivity contribution in [1.82, 2.24) is 9.80 Å². The normalized spacial score (nSPS) is 21.3. The van der Waals surface area contributed by atoms with E-state index in [0.29, 0.717) is 25.4 Å². The van der Waals surface area contributed by atoms with Crippen LogP contribution < -0.4 is 0 Å². The molecule has 110 valence electrons. The number of hydrogen-bond acceptors (Lipinski definition) is 2. The third-order valence-corrected chi connectivity index (χ3v) is 3.82. The summed E-state index contributed by atoms with van der Waals surface area (Å²) in [4.78, 5) is 26.8. The molecular formula is C14H26N2O3. The fraction of sp³-hybridized carbons (Fsp3) is 0.857. The highest BCUT2D eigenvalue weighted by molar-refractivity contribution is 5.76. The van der Waals surface area contributed by atoms with Crippen molar-refractivity contribution < 1.29 is 14.7 Å². The third kappa shape index (κ3) is 4.40. The summed E-state index contributed by atoms with van der Waals surface area (Å²) in [5.41, 5.74) is 0. The number of aliphatic carboxylic acids is 1.